The van der Waals surface area contributed by atoms with E-state index < -0.39 is 12.2 Å². The molecule has 0 aliphatic carbocycles. The molecule has 2 atom stereocenters. The molecule has 9 heteroatoms. The minimum atomic E-state index is -0.626. The molecule has 186 valence electrons. The molecule has 0 bridgehead atoms. The van der Waals surface area contributed by atoms with Gasteiger partial charge in [0.2, 0.25) is 11.8 Å². The summed E-state index contributed by atoms with van der Waals surface area (Å²) in [6.45, 7) is 5.04. The minimum Gasteiger partial charge on any atom is -0.333 e. The monoisotopic (exact) mass is 497 g/mol. The van der Waals surface area contributed by atoms with Crippen LogP contribution >= 0.6 is 11.6 Å². The summed E-state index contributed by atoms with van der Waals surface area (Å²) in [6.07, 6.45) is -0.0753. The molecule has 0 aromatic heterocycles. The van der Waals surface area contributed by atoms with Crippen molar-refractivity contribution >= 4 is 29.4 Å². The van der Waals surface area contributed by atoms with Gasteiger partial charge in [0, 0.05) is 25.2 Å². The molecule has 2 aliphatic rings. The molecule has 8 nitrogen and oxygen atoms in total. The van der Waals surface area contributed by atoms with Crippen LogP contribution < -0.4 is 5.32 Å². The lowest BCUT2D eigenvalue weighted by Crippen LogP contribution is -2.75. The molecule has 2 aromatic carbocycles. The number of urea groups is 1. The smallest absolute Gasteiger partial charge is 0.333 e. The van der Waals surface area contributed by atoms with Crippen LogP contribution in [-0.2, 0) is 22.7 Å². The zero-order valence-corrected chi connectivity index (χ0v) is 21.1. The SMILES string of the molecule is CC(C)CC1C(=O)N(Cc2cccc(Cl)c2)CC2N1C(=O)CN(C)N2C(=O)NCc1ccccc1. The van der Waals surface area contributed by atoms with Gasteiger partial charge in [-0.25, -0.2) is 14.8 Å². The molecular weight excluding hydrogens is 466 g/mol. The third-order valence-electron chi connectivity index (χ3n) is 6.39. The number of carbonyl (C=O) groups is 3. The Labute approximate surface area is 211 Å². The number of hydrazine groups is 1. The van der Waals surface area contributed by atoms with Crippen molar-refractivity contribution in [3.8, 4) is 0 Å². The van der Waals surface area contributed by atoms with Crippen LogP contribution in [0.4, 0.5) is 4.79 Å². The number of amides is 4. The van der Waals surface area contributed by atoms with Crippen molar-refractivity contribution in [3.63, 3.8) is 0 Å². The van der Waals surface area contributed by atoms with Gasteiger partial charge in [-0.15, -0.1) is 0 Å². The maximum absolute atomic E-state index is 13.6. The molecule has 2 aliphatic heterocycles. The molecule has 4 rings (SSSR count). The van der Waals surface area contributed by atoms with Gasteiger partial charge < -0.3 is 15.1 Å². The first-order valence-electron chi connectivity index (χ1n) is 11.9. The van der Waals surface area contributed by atoms with E-state index in [2.05, 4.69) is 5.32 Å². The number of hydrogen-bond donors (Lipinski definition) is 1. The summed E-state index contributed by atoms with van der Waals surface area (Å²) in [5.74, 6) is -0.0491. The van der Waals surface area contributed by atoms with Crippen LogP contribution in [0.5, 0.6) is 0 Å². The second kappa shape index (κ2) is 10.7. The number of rotatable bonds is 6. The summed E-state index contributed by atoms with van der Waals surface area (Å²) in [6, 6.07) is 16.1. The van der Waals surface area contributed by atoms with Crippen LogP contribution in [0.1, 0.15) is 31.4 Å². The normalized spacial score (nSPS) is 20.9. The van der Waals surface area contributed by atoms with Crippen LogP contribution in [0.3, 0.4) is 0 Å². The molecule has 4 amide bonds. The third-order valence-corrected chi connectivity index (χ3v) is 6.63. The summed E-state index contributed by atoms with van der Waals surface area (Å²) < 4.78 is 0. The van der Waals surface area contributed by atoms with Crippen LogP contribution in [0.2, 0.25) is 5.02 Å². The van der Waals surface area contributed by atoms with E-state index in [1.54, 1.807) is 32.9 Å². The van der Waals surface area contributed by atoms with Crippen molar-refractivity contribution in [3.05, 3.63) is 70.7 Å². The molecule has 2 unspecified atom stereocenters. The van der Waals surface area contributed by atoms with Gasteiger partial charge in [-0.2, -0.15) is 0 Å². The lowest BCUT2D eigenvalue weighted by Gasteiger charge is -2.54. The number of nitrogens with zero attached hydrogens (tertiary/aromatic N) is 4. The van der Waals surface area contributed by atoms with Crippen molar-refractivity contribution in [1.29, 1.82) is 0 Å². The Bertz CT molecular complexity index is 1080. The zero-order chi connectivity index (χ0) is 25.1. The number of nitrogens with one attached hydrogen (secondary N) is 1. The predicted molar refractivity (Wildman–Crippen MR) is 134 cm³/mol. The summed E-state index contributed by atoms with van der Waals surface area (Å²) in [5.41, 5.74) is 1.88. The summed E-state index contributed by atoms with van der Waals surface area (Å²) in [5, 5.41) is 6.79. The Kier molecular flexibility index (Phi) is 7.62. The highest BCUT2D eigenvalue weighted by Crippen LogP contribution is 2.30. The lowest BCUT2D eigenvalue weighted by molar-refractivity contribution is -0.188. The highest BCUT2D eigenvalue weighted by molar-refractivity contribution is 6.30. The quantitative estimate of drug-likeness (QED) is 0.664. The van der Waals surface area contributed by atoms with Gasteiger partial charge in [0.1, 0.15) is 12.2 Å². The van der Waals surface area contributed by atoms with Gasteiger partial charge in [-0.1, -0.05) is 67.9 Å². The maximum Gasteiger partial charge on any atom is 0.334 e. The fourth-order valence-corrected chi connectivity index (χ4v) is 5.05. The standard InChI is InChI=1S/C26H32ClN5O3/c1-18(2)12-22-25(34)30(15-20-10-7-11-21(27)13-20)16-23-31(22)24(33)17-29(3)32(23)26(35)28-14-19-8-5-4-6-9-19/h4-11,13,18,22-23H,12,14-17H2,1-3H3,(H,28,35). The number of halogens is 1. The number of likely N-dealkylation sites (N-methyl/N-ethyl adjacent to an activating group) is 1. The van der Waals surface area contributed by atoms with Crippen molar-refractivity contribution in [1.82, 2.24) is 25.1 Å². The molecular formula is C26H32ClN5O3. The number of hydrogen-bond acceptors (Lipinski definition) is 4. The van der Waals surface area contributed by atoms with Crippen molar-refractivity contribution < 1.29 is 14.4 Å². The summed E-state index contributed by atoms with van der Waals surface area (Å²) >= 11 is 6.17. The fraction of sp³-hybridized carbons (Fsp3) is 0.423. The van der Waals surface area contributed by atoms with Gasteiger partial charge in [0.05, 0.1) is 13.1 Å². The van der Waals surface area contributed by atoms with E-state index >= 15 is 0 Å². The average molecular weight is 498 g/mol. The molecule has 0 radical (unpaired) electrons. The number of piperazine rings is 1. The van der Waals surface area contributed by atoms with Crippen molar-refractivity contribution in [2.75, 3.05) is 20.1 Å². The third kappa shape index (κ3) is 5.60. The number of carbonyl (C=O) groups excluding carboxylic acids is 3. The van der Waals surface area contributed by atoms with E-state index in [1.807, 2.05) is 62.4 Å². The molecule has 35 heavy (non-hydrogen) atoms. The molecule has 2 saturated heterocycles. The van der Waals surface area contributed by atoms with E-state index in [0.717, 1.165) is 11.1 Å². The maximum atomic E-state index is 13.6. The van der Waals surface area contributed by atoms with Crippen LogP contribution in [0.15, 0.2) is 54.6 Å². The number of fused-ring (bicyclic) bond motifs is 1. The predicted octanol–water partition coefficient (Wildman–Crippen LogP) is 3.32. The van der Waals surface area contributed by atoms with Gasteiger partial charge in [-0.3, -0.25) is 9.59 Å². The van der Waals surface area contributed by atoms with E-state index in [4.69, 9.17) is 11.6 Å². The molecule has 1 N–H and O–H groups in total. The van der Waals surface area contributed by atoms with Crippen LogP contribution in [0.25, 0.3) is 0 Å². The van der Waals surface area contributed by atoms with E-state index in [1.165, 1.54) is 0 Å². The van der Waals surface area contributed by atoms with Crippen molar-refractivity contribution in [2.24, 2.45) is 5.92 Å². The lowest BCUT2D eigenvalue weighted by atomic mass is 9.96. The Balaban J connectivity index is 1.61. The fourth-order valence-electron chi connectivity index (χ4n) is 4.83. The van der Waals surface area contributed by atoms with Gasteiger partial charge >= 0.3 is 6.03 Å². The Morgan fingerprint density at radius 1 is 1.09 bits per heavy atom. The molecule has 0 spiro atoms. The van der Waals surface area contributed by atoms with Crippen LogP contribution in [0, 0.1) is 5.92 Å². The Hall–Kier alpha value is -3.10. The summed E-state index contributed by atoms with van der Waals surface area (Å²) in [4.78, 5) is 43.5. The molecule has 2 heterocycles. The molecule has 2 fully saturated rings. The zero-order valence-electron chi connectivity index (χ0n) is 20.4. The number of benzene rings is 2. The minimum absolute atomic E-state index is 0.0332. The van der Waals surface area contributed by atoms with E-state index in [-0.39, 0.29) is 36.9 Å². The Morgan fingerprint density at radius 3 is 2.49 bits per heavy atom. The van der Waals surface area contributed by atoms with E-state index in [9.17, 15) is 14.4 Å². The van der Waals surface area contributed by atoms with E-state index in [0.29, 0.717) is 24.5 Å². The van der Waals surface area contributed by atoms with Gasteiger partial charge in [0.15, 0.2) is 0 Å². The first-order chi connectivity index (χ1) is 16.7. The van der Waals surface area contributed by atoms with Gasteiger partial charge in [-0.05, 0) is 35.6 Å². The summed E-state index contributed by atoms with van der Waals surface area (Å²) in [7, 11) is 1.73. The molecule has 2 aromatic rings. The first kappa shape index (κ1) is 25.0. The van der Waals surface area contributed by atoms with Crippen LogP contribution in [-0.4, -0.2) is 70.0 Å². The van der Waals surface area contributed by atoms with Crippen molar-refractivity contribution in [2.45, 2.75) is 45.6 Å². The highest BCUT2D eigenvalue weighted by atomic mass is 35.5. The second-order valence-electron chi connectivity index (χ2n) is 9.58. The Morgan fingerprint density at radius 2 is 1.80 bits per heavy atom. The molecule has 0 saturated carbocycles. The van der Waals surface area contributed by atoms with Gasteiger partial charge in [0.25, 0.3) is 0 Å². The average Bonchev–Trinajstić information content (AvgIpc) is 2.80. The first-order valence-corrected chi connectivity index (χ1v) is 12.3. The largest absolute Gasteiger partial charge is 0.334 e. The second-order valence-corrected chi connectivity index (χ2v) is 10.0. The topological polar surface area (TPSA) is 76.2 Å². The highest BCUT2D eigenvalue weighted by Gasteiger charge is 2.50.